The second kappa shape index (κ2) is 3.67. The van der Waals surface area contributed by atoms with Crippen LogP contribution in [-0.2, 0) is 6.42 Å². The Bertz CT molecular complexity index is 351. The number of benzene rings is 1. The zero-order chi connectivity index (χ0) is 9.97. The fourth-order valence-electron chi connectivity index (χ4n) is 1.78. The lowest BCUT2D eigenvalue weighted by molar-refractivity contribution is 0.242. The fourth-order valence-corrected chi connectivity index (χ4v) is 1.78. The molecule has 14 heavy (non-hydrogen) atoms. The Balaban J connectivity index is 2.26. The van der Waals surface area contributed by atoms with Crippen molar-refractivity contribution >= 4 is 6.03 Å². The maximum atomic E-state index is 10.7. The average Bonchev–Trinajstić information content (AvgIpc) is 2.18. The van der Waals surface area contributed by atoms with Gasteiger partial charge in [-0.15, -0.1) is 0 Å². The third-order valence-corrected chi connectivity index (χ3v) is 2.40. The van der Waals surface area contributed by atoms with Crippen LogP contribution in [0.25, 0.3) is 0 Å². The summed E-state index contributed by atoms with van der Waals surface area (Å²) < 4.78 is 0. The van der Waals surface area contributed by atoms with Crippen molar-refractivity contribution < 1.29 is 4.79 Å². The molecule has 0 bridgehead atoms. The lowest BCUT2D eigenvalue weighted by Crippen LogP contribution is -2.44. The number of hydrogen-bond acceptors (Lipinski definition) is 2. The summed E-state index contributed by atoms with van der Waals surface area (Å²) in [6.45, 7) is 0.863. The molecule has 4 N–H and O–H groups in total. The van der Waals surface area contributed by atoms with E-state index in [1.807, 2.05) is 18.2 Å². The molecule has 1 aliphatic rings. The molecule has 1 aromatic rings. The molecule has 4 nitrogen and oxygen atoms in total. The highest BCUT2D eigenvalue weighted by Gasteiger charge is 2.19. The zero-order valence-electron chi connectivity index (χ0n) is 7.79. The number of fused-ring (bicyclic) bond motifs is 1. The minimum Gasteiger partial charge on any atom is -0.352 e. The number of hydrogen-bond donors (Lipinski definition) is 3. The van der Waals surface area contributed by atoms with Gasteiger partial charge in [-0.3, -0.25) is 5.32 Å². The molecule has 1 aromatic carbocycles. The van der Waals surface area contributed by atoms with Crippen LogP contribution in [0, 0.1) is 0 Å². The van der Waals surface area contributed by atoms with E-state index in [2.05, 4.69) is 16.7 Å². The van der Waals surface area contributed by atoms with E-state index in [0.717, 1.165) is 18.5 Å². The molecule has 0 aromatic heterocycles. The molecule has 1 unspecified atom stereocenters. The zero-order valence-corrected chi connectivity index (χ0v) is 7.79. The Hall–Kier alpha value is -1.55. The van der Waals surface area contributed by atoms with E-state index >= 15 is 0 Å². The van der Waals surface area contributed by atoms with Crippen LogP contribution in [-0.4, -0.2) is 12.6 Å². The monoisotopic (exact) mass is 191 g/mol. The van der Waals surface area contributed by atoms with Gasteiger partial charge in [0.15, 0.2) is 0 Å². The van der Waals surface area contributed by atoms with E-state index in [9.17, 15) is 4.79 Å². The third kappa shape index (κ3) is 1.70. The molecule has 74 valence electrons. The number of primary amides is 1. The standard InChI is InChI=1S/C10H13N3O/c11-10(14)13-9-8-4-2-1-3-7(8)5-6-12-9/h1-4,9,12H,5-6H2,(H3,11,13,14). The summed E-state index contributed by atoms with van der Waals surface area (Å²) in [4.78, 5) is 10.7. The Labute approximate surface area is 82.5 Å². The normalized spacial score (nSPS) is 19.9. The van der Waals surface area contributed by atoms with Crippen molar-refractivity contribution in [3.05, 3.63) is 35.4 Å². The molecule has 0 saturated heterocycles. The number of urea groups is 1. The molecule has 1 atom stereocenters. The number of amides is 2. The van der Waals surface area contributed by atoms with Gasteiger partial charge >= 0.3 is 6.03 Å². The van der Waals surface area contributed by atoms with Crippen molar-refractivity contribution in [2.75, 3.05) is 6.54 Å². The number of nitrogens with one attached hydrogen (secondary N) is 2. The first-order valence-corrected chi connectivity index (χ1v) is 4.64. The van der Waals surface area contributed by atoms with Gasteiger partial charge in [-0.05, 0) is 17.5 Å². The van der Waals surface area contributed by atoms with E-state index in [1.165, 1.54) is 5.56 Å². The van der Waals surface area contributed by atoms with E-state index < -0.39 is 6.03 Å². The van der Waals surface area contributed by atoms with Crippen LogP contribution in [0.5, 0.6) is 0 Å². The molecule has 0 fully saturated rings. The minimum atomic E-state index is -0.501. The van der Waals surface area contributed by atoms with Gasteiger partial charge in [0.2, 0.25) is 0 Å². The number of rotatable bonds is 1. The largest absolute Gasteiger partial charge is 0.352 e. The Morgan fingerprint density at radius 2 is 2.29 bits per heavy atom. The SMILES string of the molecule is NC(=O)NC1NCCc2ccccc21. The topological polar surface area (TPSA) is 67.2 Å². The van der Waals surface area contributed by atoms with Gasteiger partial charge in [-0.2, -0.15) is 0 Å². The van der Waals surface area contributed by atoms with Crippen LogP contribution in [0.4, 0.5) is 4.79 Å². The fraction of sp³-hybridized carbons (Fsp3) is 0.300. The summed E-state index contributed by atoms with van der Waals surface area (Å²) in [6.07, 6.45) is 0.852. The van der Waals surface area contributed by atoms with E-state index in [-0.39, 0.29) is 6.17 Å². The lowest BCUT2D eigenvalue weighted by Gasteiger charge is -2.26. The summed E-state index contributed by atoms with van der Waals surface area (Å²) in [7, 11) is 0. The van der Waals surface area contributed by atoms with Crippen molar-refractivity contribution in [3.8, 4) is 0 Å². The van der Waals surface area contributed by atoms with Gasteiger partial charge in [0.05, 0.1) is 0 Å². The molecular weight excluding hydrogens is 178 g/mol. The van der Waals surface area contributed by atoms with Crippen molar-refractivity contribution in [2.45, 2.75) is 12.6 Å². The first-order valence-electron chi connectivity index (χ1n) is 4.64. The highest BCUT2D eigenvalue weighted by molar-refractivity contribution is 5.72. The Morgan fingerprint density at radius 3 is 3.07 bits per heavy atom. The molecule has 0 aliphatic carbocycles. The van der Waals surface area contributed by atoms with Gasteiger partial charge in [0, 0.05) is 6.54 Å². The predicted octanol–water partition coefficient (Wildman–Crippen LogP) is 0.499. The second-order valence-electron chi connectivity index (χ2n) is 3.34. The Kier molecular flexibility index (Phi) is 2.37. The summed E-state index contributed by atoms with van der Waals surface area (Å²) >= 11 is 0. The molecule has 0 saturated carbocycles. The van der Waals surface area contributed by atoms with Crippen molar-refractivity contribution in [3.63, 3.8) is 0 Å². The molecular formula is C10H13N3O. The maximum Gasteiger partial charge on any atom is 0.313 e. The second-order valence-corrected chi connectivity index (χ2v) is 3.34. The van der Waals surface area contributed by atoms with E-state index in [1.54, 1.807) is 0 Å². The van der Waals surface area contributed by atoms with Gasteiger partial charge in [-0.1, -0.05) is 24.3 Å². The van der Waals surface area contributed by atoms with E-state index in [0.29, 0.717) is 0 Å². The summed E-state index contributed by atoms with van der Waals surface area (Å²) in [5.74, 6) is 0. The quantitative estimate of drug-likeness (QED) is 0.605. The van der Waals surface area contributed by atoms with Gasteiger partial charge < -0.3 is 11.1 Å². The van der Waals surface area contributed by atoms with Gasteiger partial charge in [0.25, 0.3) is 0 Å². The van der Waals surface area contributed by atoms with Gasteiger partial charge in [0.1, 0.15) is 6.17 Å². The predicted molar refractivity (Wildman–Crippen MR) is 53.6 cm³/mol. The molecule has 2 rings (SSSR count). The van der Waals surface area contributed by atoms with Crippen LogP contribution in [0.2, 0.25) is 0 Å². The van der Waals surface area contributed by atoms with Crippen molar-refractivity contribution in [1.29, 1.82) is 0 Å². The van der Waals surface area contributed by atoms with Crippen LogP contribution in [0.1, 0.15) is 17.3 Å². The number of carbonyl (C=O) groups is 1. The average molecular weight is 191 g/mol. The first kappa shape index (κ1) is 9.02. The highest BCUT2D eigenvalue weighted by Crippen LogP contribution is 2.19. The van der Waals surface area contributed by atoms with Crippen LogP contribution in [0.15, 0.2) is 24.3 Å². The smallest absolute Gasteiger partial charge is 0.313 e. The van der Waals surface area contributed by atoms with Crippen molar-refractivity contribution in [2.24, 2.45) is 5.73 Å². The number of nitrogens with two attached hydrogens (primary N) is 1. The first-order chi connectivity index (χ1) is 6.77. The molecule has 1 heterocycles. The highest BCUT2D eigenvalue weighted by atomic mass is 16.2. The number of carbonyl (C=O) groups excluding carboxylic acids is 1. The summed E-state index contributed by atoms with van der Waals surface area (Å²) in [5, 5.41) is 5.86. The van der Waals surface area contributed by atoms with Crippen LogP contribution >= 0.6 is 0 Å². The third-order valence-electron chi connectivity index (χ3n) is 2.40. The molecule has 1 aliphatic heterocycles. The summed E-state index contributed by atoms with van der Waals surface area (Å²) in [6, 6.07) is 7.54. The summed E-state index contributed by atoms with van der Waals surface area (Å²) in [5.41, 5.74) is 7.47. The maximum absolute atomic E-state index is 10.7. The minimum absolute atomic E-state index is 0.141. The molecule has 0 spiro atoms. The van der Waals surface area contributed by atoms with Gasteiger partial charge in [-0.25, -0.2) is 4.79 Å². The molecule has 0 radical (unpaired) electrons. The van der Waals surface area contributed by atoms with Crippen LogP contribution in [0.3, 0.4) is 0 Å². The molecule has 4 heteroatoms. The van der Waals surface area contributed by atoms with E-state index in [4.69, 9.17) is 5.73 Å². The van der Waals surface area contributed by atoms with Crippen LogP contribution < -0.4 is 16.4 Å². The molecule has 2 amide bonds. The lowest BCUT2D eigenvalue weighted by atomic mass is 9.99. The van der Waals surface area contributed by atoms with Crippen molar-refractivity contribution in [1.82, 2.24) is 10.6 Å². The Morgan fingerprint density at radius 1 is 1.50 bits per heavy atom.